The van der Waals surface area contributed by atoms with E-state index in [0.717, 1.165) is 23.3 Å². The molecule has 10 rings (SSSR count). The largest absolute Gasteiger partial charge is 0.494 e. The molecule has 7 aromatic rings. The van der Waals surface area contributed by atoms with Gasteiger partial charge in [0.05, 0.1) is 16.9 Å². The molecule has 1 aromatic heterocycles. The van der Waals surface area contributed by atoms with Crippen molar-refractivity contribution in [1.82, 2.24) is 0 Å². The lowest BCUT2D eigenvalue weighted by Crippen LogP contribution is -2.35. The summed E-state index contributed by atoms with van der Waals surface area (Å²) in [5.41, 5.74) is 11.8. The molecule has 2 heterocycles. The van der Waals surface area contributed by atoms with E-state index in [2.05, 4.69) is 166 Å². The maximum absolute atomic E-state index is 6.44. The lowest BCUT2D eigenvalue weighted by atomic mass is 9.78. The molecule has 0 amide bonds. The molecule has 6 aromatic carbocycles. The molecular weight excluding hydrogens is 617 g/mol. The van der Waals surface area contributed by atoms with Crippen molar-refractivity contribution in [2.75, 3.05) is 4.90 Å². The Morgan fingerprint density at radius 1 is 0.592 bits per heavy atom. The Morgan fingerprint density at radius 2 is 1.24 bits per heavy atom. The highest BCUT2D eigenvalue weighted by Gasteiger charge is 2.71. The molecular formula is C44H36BNO2S. The molecule has 1 aliphatic heterocycles. The van der Waals surface area contributed by atoms with Gasteiger partial charge >= 0.3 is 7.12 Å². The fourth-order valence-electron chi connectivity index (χ4n) is 8.52. The van der Waals surface area contributed by atoms with E-state index in [-0.39, 0.29) is 23.7 Å². The number of benzene rings is 6. The first kappa shape index (κ1) is 29.3. The summed E-state index contributed by atoms with van der Waals surface area (Å²) in [5, 5.41) is 2.49. The molecule has 2 aliphatic carbocycles. The van der Waals surface area contributed by atoms with Crippen LogP contribution in [0.3, 0.4) is 0 Å². The van der Waals surface area contributed by atoms with Gasteiger partial charge in [-0.05, 0) is 95.2 Å². The summed E-state index contributed by atoms with van der Waals surface area (Å²) < 4.78 is 15.4. The molecule has 2 unspecified atom stereocenters. The summed E-state index contributed by atoms with van der Waals surface area (Å²) in [5.74, 6) is 0. The van der Waals surface area contributed by atoms with Crippen LogP contribution in [0.25, 0.3) is 42.4 Å². The van der Waals surface area contributed by atoms with Crippen LogP contribution in [-0.2, 0) is 14.7 Å². The van der Waals surface area contributed by atoms with Crippen LogP contribution in [0, 0.1) is 0 Å². The van der Waals surface area contributed by atoms with Gasteiger partial charge in [0, 0.05) is 43.4 Å². The first-order valence-corrected chi connectivity index (χ1v) is 18.1. The molecule has 49 heavy (non-hydrogen) atoms. The van der Waals surface area contributed by atoms with Gasteiger partial charge in [0.1, 0.15) is 0 Å². The van der Waals surface area contributed by atoms with Crippen molar-refractivity contribution >= 4 is 61.2 Å². The third-order valence-electron chi connectivity index (χ3n) is 11.4. The Hall–Kier alpha value is -4.68. The van der Waals surface area contributed by atoms with Crippen molar-refractivity contribution in [2.45, 2.75) is 50.7 Å². The van der Waals surface area contributed by atoms with Crippen LogP contribution in [0.5, 0.6) is 0 Å². The number of nitrogens with zero attached hydrogens (tertiary/aromatic N) is 1. The average molecular weight is 654 g/mol. The van der Waals surface area contributed by atoms with Crippen molar-refractivity contribution < 1.29 is 9.31 Å². The summed E-state index contributed by atoms with van der Waals surface area (Å²) in [6.45, 7) is 9.07. The number of rotatable bonds is 5. The molecule has 5 heteroatoms. The molecule has 0 N–H and O–H groups in total. The molecule has 3 aliphatic rings. The molecule has 238 valence electrons. The topological polar surface area (TPSA) is 21.7 Å². The van der Waals surface area contributed by atoms with Crippen LogP contribution in [0.4, 0.5) is 17.1 Å². The van der Waals surface area contributed by atoms with E-state index in [1.54, 1.807) is 0 Å². The highest BCUT2D eigenvalue weighted by atomic mass is 32.1. The van der Waals surface area contributed by atoms with Crippen LogP contribution in [0.2, 0.25) is 0 Å². The van der Waals surface area contributed by atoms with Gasteiger partial charge in [-0.25, -0.2) is 0 Å². The van der Waals surface area contributed by atoms with Gasteiger partial charge in [0.2, 0.25) is 0 Å². The fourth-order valence-corrected chi connectivity index (χ4v) is 9.59. The lowest BCUT2D eigenvalue weighted by Gasteiger charge is -2.32. The van der Waals surface area contributed by atoms with Crippen LogP contribution in [-0.4, -0.2) is 18.3 Å². The highest BCUT2D eigenvalue weighted by Crippen LogP contribution is 2.58. The van der Waals surface area contributed by atoms with E-state index in [4.69, 9.17) is 9.31 Å². The Bertz CT molecular complexity index is 2450. The zero-order chi connectivity index (χ0) is 33.1. The van der Waals surface area contributed by atoms with Crippen molar-refractivity contribution in [2.24, 2.45) is 0 Å². The van der Waals surface area contributed by atoms with E-state index in [0.29, 0.717) is 0 Å². The quantitative estimate of drug-likeness (QED) is 0.173. The van der Waals surface area contributed by atoms with Crippen molar-refractivity contribution in [3.8, 4) is 22.3 Å². The normalized spacial score (nSPS) is 21.5. The van der Waals surface area contributed by atoms with E-state index in [1.807, 2.05) is 11.3 Å². The van der Waals surface area contributed by atoms with E-state index < -0.39 is 0 Å². The van der Waals surface area contributed by atoms with Crippen LogP contribution in [0.1, 0.15) is 45.2 Å². The van der Waals surface area contributed by atoms with E-state index in [9.17, 15) is 0 Å². The maximum Gasteiger partial charge on any atom is 0.494 e. The number of anilines is 3. The number of hydrogen-bond acceptors (Lipinski definition) is 4. The van der Waals surface area contributed by atoms with Crippen molar-refractivity contribution in [3.63, 3.8) is 0 Å². The summed E-state index contributed by atoms with van der Waals surface area (Å²) in [6, 6.07) is 49.0. The zero-order valence-electron chi connectivity index (χ0n) is 28.2. The molecule has 0 bridgehead atoms. The van der Waals surface area contributed by atoms with Gasteiger partial charge < -0.3 is 14.2 Å². The minimum absolute atomic E-state index is 0.166. The van der Waals surface area contributed by atoms with Gasteiger partial charge in [-0.2, -0.15) is 0 Å². The Balaban J connectivity index is 1.17. The van der Waals surface area contributed by atoms with Crippen molar-refractivity contribution in [1.29, 1.82) is 0 Å². The molecule has 3 nitrogen and oxygen atoms in total. The van der Waals surface area contributed by atoms with Gasteiger partial charge in [-0.3, -0.25) is 0 Å². The second-order valence-electron chi connectivity index (χ2n) is 14.9. The zero-order valence-corrected chi connectivity index (χ0v) is 29.0. The molecule has 0 radical (unpaired) electrons. The Labute approximate surface area is 291 Å². The third kappa shape index (κ3) is 4.29. The summed E-state index contributed by atoms with van der Waals surface area (Å²) >= 11 is 1.84. The van der Waals surface area contributed by atoms with Gasteiger partial charge in [-0.15, -0.1) is 11.3 Å². The summed E-state index contributed by atoms with van der Waals surface area (Å²) in [4.78, 5) is 2.48. The molecule has 2 fully saturated rings. The van der Waals surface area contributed by atoms with Crippen LogP contribution in [0.15, 0.2) is 133 Å². The number of thiophene rings is 1. The van der Waals surface area contributed by atoms with Gasteiger partial charge in [0.15, 0.2) is 0 Å². The SMILES string of the molecule is CC1(C)c2ccccc2-c2cccc(N(c3cccc(-c4ccccc4)c3)c3ccc4sc5ccc(B6OC7(C)CC7(C)O6)cc5c4c3)c21. The maximum atomic E-state index is 6.44. The second kappa shape index (κ2) is 10.2. The minimum atomic E-state index is -0.334. The van der Waals surface area contributed by atoms with Crippen LogP contribution < -0.4 is 10.4 Å². The van der Waals surface area contributed by atoms with Gasteiger partial charge in [-0.1, -0.05) is 105 Å². The van der Waals surface area contributed by atoms with E-state index in [1.165, 1.54) is 59.2 Å². The van der Waals surface area contributed by atoms with E-state index >= 15 is 0 Å². The van der Waals surface area contributed by atoms with Gasteiger partial charge in [0.25, 0.3) is 0 Å². The predicted octanol–water partition coefficient (Wildman–Crippen LogP) is 11.2. The molecule has 2 atom stereocenters. The second-order valence-corrected chi connectivity index (χ2v) is 16.0. The Kier molecular flexibility index (Phi) is 6.08. The molecule has 1 saturated carbocycles. The first-order valence-electron chi connectivity index (χ1n) is 17.2. The van der Waals surface area contributed by atoms with Crippen LogP contribution >= 0.6 is 11.3 Å². The fraction of sp³-hybridized carbons (Fsp3) is 0.182. The Morgan fingerprint density at radius 3 is 2.06 bits per heavy atom. The number of fused-ring (bicyclic) bond motifs is 7. The molecule has 1 saturated heterocycles. The molecule has 0 spiro atoms. The summed E-state index contributed by atoms with van der Waals surface area (Å²) in [7, 11) is -0.334. The average Bonchev–Trinajstić information content (AvgIpc) is 3.34. The highest BCUT2D eigenvalue weighted by molar-refractivity contribution is 7.25. The lowest BCUT2D eigenvalue weighted by molar-refractivity contribution is 0.187. The third-order valence-corrected chi connectivity index (χ3v) is 12.6. The first-order chi connectivity index (χ1) is 23.7. The van der Waals surface area contributed by atoms with Crippen molar-refractivity contribution in [3.05, 3.63) is 145 Å². The summed E-state index contributed by atoms with van der Waals surface area (Å²) in [6.07, 6.45) is 0.954. The number of hydrogen-bond donors (Lipinski definition) is 0. The standard InChI is InChI=1S/C44H36BNO2S/c1-42(2)37-18-9-8-16-33(37)34-17-11-19-38(41(34)42)46(31-15-10-14-29(24-31)28-12-6-5-7-13-28)32-21-23-40-36(26-32)35-25-30(20-22-39(35)49-40)45-47-43(3)27-44(43,4)48-45/h5-26H,27H2,1-4H3. The smallest absolute Gasteiger partial charge is 0.399 e. The monoisotopic (exact) mass is 653 g/mol. The minimum Gasteiger partial charge on any atom is -0.399 e. The predicted molar refractivity (Wildman–Crippen MR) is 206 cm³/mol.